The van der Waals surface area contributed by atoms with Gasteiger partial charge in [-0.1, -0.05) is 28.1 Å². The Morgan fingerprint density at radius 2 is 2.06 bits per heavy atom. The van der Waals surface area contributed by atoms with Crippen LogP contribution in [-0.4, -0.2) is 14.8 Å². The van der Waals surface area contributed by atoms with Crippen molar-refractivity contribution in [3.05, 3.63) is 46.0 Å². The van der Waals surface area contributed by atoms with Crippen LogP contribution in [0.4, 0.5) is 0 Å². The number of rotatable bonds is 2. The highest BCUT2D eigenvalue weighted by Gasteiger charge is 2.21. The normalized spacial score (nSPS) is 18.7. The van der Waals surface area contributed by atoms with E-state index in [0.717, 1.165) is 29.0 Å². The van der Waals surface area contributed by atoms with E-state index in [9.17, 15) is 0 Å². The Kier molecular flexibility index (Phi) is 3.20. The van der Waals surface area contributed by atoms with Crippen LogP contribution >= 0.6 is 15.9 Å². The van der Waals surface area contributed by atoms with Crippen LogP contribution in [0.15, 0.2) is 28.7 Å². The Bertz CT molecular complexity index is 545. The molecule has 1 aromatic heterocycles. The Morgan fingerprint density at radius 3 is 2.83 bits per heavy atom. The second-order valence-corrected chi connectivity index (χ2v) is 5.86. The molecule has 1 atom stereocenters. The molecule has 0 aliphatic carbocycles. The molecule has 2 aromatic rings. The summed E-state index contributed by atoms with van der Waals surface area (Å²) >= 11 is 3.46. The molecular formula is C14H16BrN3. The molecule has 1 unspecified atom stereocenters. The zero-order chi connectivity index (χ0) is 12.5. The van der Waals surface area contributed by atoms with Crippen LogP contribution in [0, 0.1) is 0 Å². The topological polar surface area (TPSA) is 30.7 Å². The number of benzene rings is 1. The van der Waals surface area contributed by atoms with Gasteiger partial charge in [0, 0.05) is 23.4 Å². The zero-order valence-electron chi connectivity index (χ0n) is 10.4. The summed E-state index contributed by atoms with van der Waals surface area (Å²) in [7, 11) is 0. The fraction of sp³-hybridized carbons (Fsp3) is 0.429. The van der Waals surface area contributed by atoms with E-state index in [0.29, 0.717) is 6.04 Å². The van der Waals surface area contributed by atoms with Crippen molar-refractivity contribution in [2.24, 2.45) is 0 Å². The van der Waals surface area contributed by atoms with E-state index in [1.807, 2.05) is 0 Å². The summed E-state index contributed by atoms with van der Waals surface area (Å²) in [6, 6.07) is 8.96. The third-order valence-electron chi connectivity index (χ3n) is 3.58. The third-order valence-corrected chi connectivity index (χ3v) is 4.10. The van der Waals surface area contributed by atoms with Crippen molar-refractivity contribution < 1.29 is 0 Å². The molecule has 18 heavy (non-hydrogen) atoms. The third kappa shape index (κ3) is 2.21. The van der Waals surface area contributed by atoms with Crippen molar-refractivity contribution in [1.29, 1.82) is 0 Å². The summed E-state index contributed by atoms with van der Waals surface area (Å²) in [5, 5.41) is 8.69. The Morgan fingerprint density at radius 1 is 1.28 bits per heavy atom. The van der Waals surface area contributed by atoms with Crippen molar-refractivity contribution in [2.45, 2.75) is 38.6 Å². The summed E-state index contributed by atoms with van der Waals surface area (Å²) in [6.07, 6.45) is 4.40. The fourth-order valence-electron chi connectivity index (χ4n) is 2.63. The lowest BCUT2D eigenvalue weighted by molar-refractivity contribution is 0.416. The first kappa shape index (κ1) is 11.9. The molecule has 3 nitrogen and oxygen atoms in total. The van der Waals surface area contributed by atoms with E-state index in [-0.39, 0.29) is 0 Å². The fourth-order valence-corrected chi connectivity index (χ4v) is 2.89. The summed E-state index contributed by atoms with van der Waals surface area (Å²) in [5.74, 6) is 2.25. The van der Waals surface area contributed by atoms with Crippen molar-refractivity contribution in [3.63, 3.8) is 0 Å². The van der Waals surface area contributed by atoms with E-state index >= 15 is 0 Å². The maximum absolute atomic E-state index is 4.37. The van der Waals surface area contributed by atoms with E-state index in [4.69, 9.17) is 0 Å². The minimum absolute atomic E-state index is 0.536. The number of hydrogen-bond donors (Lipinski definition) is 0. The minimum atomic E-state index is 0.536. The van der Waals surface area contributed by atoms with Crippen LogP contribution in [0.3, 0.4) is 0 Å². The maximum atomic E-state index is 4.37. The van der Waals surface area contributed by atoms with Gasteiger partial charge in [0.25, 0.3) is 0 Å². The van der Waals surface area contributed by atoms with Gasteiger partial charge in [0.15, 0.2) is 0 Å². The molecule has 94 valence electrons. The lowest BCUT2D eigenvalue weighted by Gasteiger charge is -2.22. The Hall–Kier alpha value is -1.16. The monoisotopic (exact) mass is 305 g/mol. The highest BCUT2D eigenvalue weighted by molar-refractivity contribution is 9.10. The first-order valence-corrected chi connectivity index (χ1v) is 7.20. The number of aryl methyl sites for hydroxylation is 1. The summed E-state index contributed by atoms with van der Waals surface area (Å²) in [5.41, 5.74) is 1.28. The molecule has 1 aliphatic heterocycles. The first-order valence-electron chi connectivity index (χ1n) is 6.41. The quantitative estimate of drug-likeness (QED) is 0.850. The standard InChI is InChI=1S/C14H16BrN3/c1-10-3-2-4-13-16-17-14(18(10)13)9-11-5-7-12(15)8-6-11/h5-8,10H,2-4,9H2,1H3. The smallest absolute Gasteiger partial charge is 0.137 e. The zero-order valence-corrected chi connectivity index (χ0v) is 12.0. The molecule has 4 heteroatoms. The van der Waals surface area contributed by atoms with Gasteiger partial charge in [-0.2, -0.15) is 0 Å². The van der Waals surface area contributed by atoms with Gasteiger partial charge in [-0.3, -0.25) is 0 Å². The number of nitrogens with zero attached hydrogens (tertiary/aromatic N) is 3. The Labute approximate surface area is 115 Å². The lowest BCUT2D eigenvalue weighted by Crippen LogP contribution is -2.17. The molecule has 3 rings (SSSR count). The molecule has 2 heterocycles. The average molecular weight is 306 g/mol. The summed E-state index contributed by atoms with van der Waals surface area (Å²) < 4.78 is 3.44. The van der Waals surface area contributed by atoms with Crippen LogP contribution < -0.4 is 0 Å². The van der Waals surface area contributed by atoms with E-state index in [1.165, 1.54) is 18.4 Å². The lowest BCUT2D eigenvalue weighted by atomic mass is 10.1. The van der Waals surface area contributed by atoms with Gasteiger partial charge in [0.05, 0.1) is 0 Å². The summed E-state index contributed by atoms with van der Waals surface area (Å²) in [6.45, 7) is 2.26. The van der Waals surface area contributed by atoms with Crippen LogP contribution in [0.5, 0.6) is 0 Å². The second kappa shape index (κ2) is 4.84. The van der Waals surface area contributed by atoms with E-state index in [1.54, 1.807) is 0 Å². The van der Waals surface area contributed by atoms with Gasteiger partial charge in [-0.25, -0.2) is 0 Å². The molecule has 0 amide bonds. The SMILES string of the molecule is CC1CCCc2nnc(Cc3ccc(Br)cc3)n21. The molecule has 0 saturated carbocycles. The highest BCUT2D eigenvalue weighted by atomic mass is 79.9. The van der Waals surface area contributed by atoms with Gasteiger partial charge in [-0.05, 0) is 37.5 Å². The van der Waals surface area contributed by atoms with Crippen molar-refractivity contribution in [1.82, 2.24) is 14.8 Å². The second-order valence-electron chi connectivity index (χ2n) is 4.95. The minimum Gasteiger partial charge on any atom is -0.312 e. The maximum Gasteiger partial charge on any atom is 0.137 e. The predicted molar refractivity (Wildman–Crippen MR) is 74.6 cm³/mol. The van der Waals surface area contributed by atoms with E-state index in [2.05, 4.69) is 61.9 Å². The average Bonchev–Trinajstić information content (AvgIpc) is 2.77. The number of aromatic nitrogens is 3. The molecular weight excluding hydrogens is 290 g/mol. The molecule has 0 bridgehead atoms. The molecule has 1 aliphatic rings. The van der Waals surface area contributed by atoms with Gasteiger partial charge >= 0.3 is 0 Å². The van der Waals surface area contributed by atoms with Crippen LogP contribution in [-0.2, 0) is 12.8 Å². The molecule has 0 N–H and O–H groups in total. The van der Waals surface area contributed by atoms with Crippen molar-refractivity contribution >= 4 is 15.9 Å². The van der Waals surface area contributed by atoms with Crippen LogP contribution in [0.1, 0.15) is 43.0 Å². The summed E-state index contributed by atoms with van der Waals surface area (Å²) in [4.78, 5) is 0. The number of hydrogen-bond acceptors (Lipinski definition) is 2. The molecule has 0 spiro atoms. The van der Waals surface area contributed by atoms with Crippen molar-refractivity contribution in [3.8, 4) is 0 Å². The highest BCUT2D eigenvalue weighted by Crippen LogP contribution is 2.25. The van der Waals surface area contributed by atoms with E-state index < -0.39 is 0 Å². The van der Waals surface area contributed by atoms with Gasteiger partial charge in [0.2, 0.25) is 0 Å². The molecule has 0 saturated heterocycles. The van der Waals surface area contributed by atoms with Gasteiger partial charge < -0.3 is 4.57 Å². The number of halogens is 1. The van der Waals surface area contributed by atoms with Crippen molar-refractivity contribution in [2.75, 3.05) is 0 Å². The van der Waals surface area contributed by atoms with Crippen LogP contribution in [0.2, 0.25) is 0 Å². The molecule has 0 radical (unpaired) electrons. The molecule has 1 aromatic carbocycles. The number of fused-ring (bicyclic) bond motifs is 1. The predicted octanol–water partition coefficient (Wildman–Crippen LogP) is 3.53. The Balaban J connectivity index is 1.89. The van der Waals surface area contributed by atoms with Gasteiger partial charge in [-0.15, -0.1) is 10.2 Å². The largest absolute Gasteiger partial charge is 0.312 e. The molecule has 0 fully saturated rings. The van der Waals surface area contributed by atoms with Crippen LogP contribution in [0.25, 0.3) is 0 Å². The van der Waals surface area contributed by atoms with Gasteiger partial charge in [0.1, 0.15) is 11.6 Å². The first-order chi connectivity index (χ1) is 8.74.